The molecule has 0 bridgehead atoms. The van der Waals surface area contributed by atoms with Gasteiger partial charge in [-0.05, 0) is 36.8 Å². The highest BCUT2D eigenvalue weighted by Crippen LogP contribution is 2.16. The average molecular weight is 385 g/mol. The van der Waals surface area contributed by atoms with E-state index >= 15 is 0 Å². The summed E-state index contributed by atoms with van der Waals surface area (Å²) in [7, 11) is 0. The number of benzene rings is 1. The molecule has 3 aromatic heterocycles. The van der Waals surface area contributed by atoms with E-state index in [2.05, 4.69) is 20.4 Å². The zero-order valence-corrected chi connectivity index (χ0v) is 15.9. The second-order valence-electron chi connectivity index (χ2n) is 6.71. The number of rotatable bonds is 5. The number of aromatic nitrogens is 4. The van der Waals surface area contributed by atoms with E-state index < -0.39 is 0 Å². The predicted octanol–water partition coefficient (Wildman–Crippen LogP) is 2.72. The van der Waals surface area contributed by atoms with Crippen LogP contribution < -0.4 is 10.9 Å². The summed E-state index contributed by atoms with van der Waals surface area (Å²) in [4.78, 5) is 33.7. The SMILES string of the molecule is Cc1cccc(NC(=O)Cn2nc(Cc3cccnc3)c3ccccc3c2=O)n1. The molecule has 0 radical (unpaired) electrons. The molecule has 0 unspecified atom stereocenters. The molecule has 0 aliphatic heterocycles. The minimum absolute atomic E-state index is 0.195. The number of aryl methyl sites for hydroxylation is 1. The second kappa shape index (κ2) is 8.02. The van der Waals surface area contributed by atoms with Crippen LogP contribution in [-0.2, 0) is 17.8 Å². The summed E-state index contributed by atoms with van der Waals surface area (Å²) in [5.41, 5.74) is 2.18. The molecule has 29 heavy (non-hydrogen) atoms. The van der Waals surface area contributed by atoms with Crippen molar-refractivity contribution in [2.75, 3.05) is 5.32 Å². The minimum Gasteiger partial charge on any atom is -0.309 e. The van der Waals surface area contributed by atoms with Gasteiger partial charge in [0.15, 0.2) is 0 Å². The third kappa shape index (κ3) is 4.19. The summed E-state index contributed by atoms with van der Waals surface area (Å²) in [6, 6.07) is 16.5. The van der Waals surface area contributed by atoms with Crippen LogP contribution in [-0.4, -0.2) is 25.7 Å². The Morgan fingerprint density at radius 1 is 1.03 bits per heavy atom. The van der Waals surface area contributed by atoms with Gasteiger partial charge >= 0.3 is 0 Å². The molecule has 1 aromatic carbocycles. The Bertz CT molecular complexity index is 1230. The number of nitrogens with zero attached hydrogens (tertiary/aromatic N) is 4. The monoisotopic (exact) mass is 385 g/mol. The van der Waals surface area contributed by atoms with Gasteiger partial charge in [0.1, 0.15) is 12.4 Å². The van der Waals surface area contributed by atoms with Gasteiger partial charge in [-0.15, -0.1) is 0 Å². The topological polar surface area (TPSA) is 89.8 Å². The maximum atomic E-state index is 12.9. The van der Waals surface area contributed by atoms with Gasteiger partial charge < -0.3 is 5.32 Å². The fourth-order valence-electron chi connectivity index (χ4n) is 3.17. The molecule has 0 saturated heterocycles. The number of pyridine rings is 2. The van der Waals surface area contributed by atoms with Crippen molar-refractivity contribution in [1.29, 1.82) is 0 Å². The summed E-state index contributed by atoms with van der Waals surface area (Å²) >= 11 is 0. The maximum Gasteiger partial charge on any atom is 0.275 e. The number of hydrogen-bond donors (Lipinski definition) is 1. The van der Waals surface area contributed by atoms with E-state index in [-0.39, 0.29) is 18.0 Å². The molecule has 3 heterocycles. The molecule has 7 heteroatoms. The van der Waals surface area contributed by atoms with E-state index in [0.717, 1.165) is 22.3 Å². The fourth-order valence-corrected chi connectivity index (χ4v) is 3.17. The summed E-state index contributed by atoms with van der Waals surface area (Å²) in [5, 5.41) is 8.51. The van der Waals surface area contributed by atoms with Crippen LogP contribution in [0, 0.1) is 6.92 Å². The smallest absolute Gasteiger partial charge is 0.275 e. The first-order valence-corrected chi connectivity index (χ1v) is 9.21. The standard InChI is InChI=1S/C22H19N5O2/c1-15-6-4-10-20(24-15)25-21(28)14-27-22(29)18-9-3-2-8-17(18)19(26-27)12-16-7-5-11-23-13-16/h2-11,13H,12,14H2,1H3,(H,24,25,28). The molecule has 1 N–H and O–H groups in total. The Morgan fingerprint density at radius 3 is 2.62 bits per heavy atom. The van der Waals surface area contributed by atoms with Crippen LogP contribution in [0.1, 0.15) is 17.0 Å². The first kappa shape index (κ1) is 18.5. The molecule has 0 atom stereocenters. The zero-order valence-electron chi connectivity index (χ0n) is 15.9. The predicted molar refractivity (Wildman–Crippen MR) is 111 cm³/mol. The third-order valence-corrected chi connectivity index (χ3v) is 4.49. The molecule has 0 saturated carbocycles. The van der Waals surface area contributed by atoms with Gasteiger partial charge in [0.25, 0.3) is 5.56 Å². The van der Waals surface area contributed by atoms with E-state index in [1.807, 2.05) is 43.3 Å². The van der Waals surface area contributed by atoms with Gasteiger partial charge in [0.05, 0.1) is 11.1 Å². The number of fused-ring (bicyclic) bond motifs is 1. The van der Waals surface area contributed by atoms with E-state index in [4.69, 9.17) is 0 Å². The van der Waals surface area contributed by atoms with E-state index in [1.165, 1.54) is 4.68 Å². The third-order valence-electron chi connectivity index (χ3n) is 4.49. The Labute approximate surface area is 167 Å². The highest BCUT2D eigenvalue weighted by Gasteiger charge is 2.14. The van der Waals surface area contributed by atoms with Gasteiger partial charge in [-0.25, -0.2) is 9.67 Å². The molecule has 0 aliphatic carbocycles. The molecule has 4 aromatic rings. The van der Waals surface area contributed by atoms with Crippen LogP contribution in [0.3, 0.4) is 0 Å². The number of carbonyl (C=O) groups is 1. The lowest BCUT2D eigenvalue weighted by atomic mass is 10.1. The molecule has 7 nitrogen and oxygen atoms in total. The molecular formula is C22H19N5O2. The number of amides is 1. The molecule has 0 fully saturated rings. The average Bonchev–Trinajstić information content (AvgIpc) is 2.72. The van der Waals surface area contributed by atoms with Crippen LogP contribution >= 0.6 is 0 Å². The van der Waals surface area contributed by atoms with Gasteiger partial charge in [0.2, 0.25) is 5.91 Å². The van der Waals surface area contributed by atoms with E-state index in [1.54, 1.807) is 30.6 Å². The maximum absolute atomic E-state index is 12.9. The number of anilines is 1. The number of hydrogen-bond acceptors (Lipinski definition) is 5. The van der Waals surface area contributed by atoms with Crippen LogP contribution in [0.2, 0.25) is 0 Å². The van der Waals surface area contributed by atoms with Crippen molar-refractivity contribution in [2.45, 2.75) is 19.9 Å². The highest BCUT2D eigenvalue weighted by molar-refractivity contribution is 5.90. The molecule has 1 amide bonds. The van der Waals surface area contributed by atoms with Crippen LogP contribution in [0.5, 0.6) is 0 Å². The normalized spacial score (nSPS) is 10.8. The van der Waals surface area contributed by atoms with Crippen LogP contribution in [0.25, 0.3) is 10.8 Å². The first-order chi connectivity index (χ1) is 14.1. The quantitative estimate of drug-likeness (QED) is 0.571. The number of nitrogens with one attached hydrogen (secondary N) is 1. The van der Waals surface area contributed by atoms with Gasteiger partial charge in [-0.2, -0.15) is 5.10 Å². The fraction of sp³-hybridized carbons (Fsp3) is 0.136. The lowest BCUT2D eigenvalue weighted by molar-refractivity contribution is -0.117. The van der Waals surface area contributed by atoms with E-state index in [9.17, 15) is 9.59 Å². The largest absolute Gasteiger partial charge is 0.309 e. The molecular weight excluding hydrogens is 366 g/mol. The summed E-state index contributed by atoms with van der Waals surface area (Å²) in [6.45, 7) is 1.65. The molecule has 0 aliphatic rings. The number of carbonyl (C=O) groups excluding carboxylic acids is 1. The Hall–Kier alpha value is -3.87. The van der Waals surface area contributed by atoms with Crippen molar-refractivity contribution in [3.63, 3.8) is 0 Å². The van der Waals surface area contributed by atoms with Crippen molar-refractivity contribution in [2.24, 2.45) is 0 Å². The second-order valence-corrected chi connectivity index (χ2v) is 6.71. The lowest BCUT2D eigenvalue weighted by Crippen LogP contribution is -2.31. The van der Waals surface area contributed by atoms with Crippen molar-refractivity contribution in [1.82, 2.24) is 19.7 Å². The van der Waals surface area contributed by atoms with Crippen LogP contribution in [0.15, 0.2) is 71.8 Å². The Balaban J connectivity index is 1.67. The first-order valence-electron chi connectivity index (χ1n) is 9.21. The van der Waals surface area contributed by atoms with Crippen molar-refractivity contribution >= 4 is 22.5 Å². The molecule has 144 valence electrons. The zero-order chi connectivity index (χ0) is 20.2. The Kier molecular flexibility index (Phi) is 5.11. The Morgan fingerprint density at radius 2 is 1.86 bits per heavy atom. The summed E-state index contributed by atoms with van der Waals surface area (Å²) in [6.07, 6.45) is 3.98. The minimum atomic E-state index is -0.361. The highest BCUT2D eigenvalue weighted by atomic mass is 16.2. The van der Waals surface area contributed by atoms with Gasteiger partial charge in [0, 0.05) is 29.9 Å². The molecule has 4 rings (SSSR count). The van der Waals surface area contributed by atoms with Gasteiger partial charge in [-0.1, -0.05) is 30.3 Å². The van der Waals surface area contributed by atoms with Crippen molar-refractivity contribution in [3.05, 3.63) is 94.3 Å². The van der Waals surface area contributed by atoms with Crippen molar-refractivity contribution < 1.29 is 4.79 Å². The van der Waals surface area contributed by atoms with Crippen LogP contribution in [0.4, 0.5) is 5.82 Å². The van der Waals surface area contributed by atoms with E-state index in [0.29, 0.717) is 17.6 Å². The lowest BCUT2D eigenvalue weighted by Gasteiger charge is -2.11. The summed E-state index contributed by atoms with van der Waals surface area (Å²) < 4.78 is 1.21. The molecule has 0 spiro atoms. The summed E-state index contributed by atoms with van der Waals surface area (Å²) in [5.74, 6) is 0.0831. The van der Waals surface area contributed by atoms with Crippen molar-refractivity contribution in [3.8, 4) is 0 Å². The van der Waals surface area contributed by atoms with Gasteiger partial charge in [-0.3, -0.25) is 14.6 Å².